The minimum atomic E-state index is 0.00955. The van der Waals surface area contributed by atoms with Crippen LogP contribution in [-0.4, -0.2) is 17.4 Å². The average Bonchev–Trinajstić information content (AvgIpc) is 3.35. The topological polar surface area (TPSA) is 51.2 Å². The minimum Gasteiger partial charge on any atom is -0.488 e. The lowest BCUT2D eigenvalue weighted by Gasteiger charge is -2.16. The standard InChI is InChI=1S/C22H22N2O2S2/c25-22(23-11-5-10-20-24-16-7-2-4-9-18(16)27-20)19-12-14-13-26-17-8-3-1-6-15(17)21(14)28-19/h1,3,6,8,12H,2,4-5,7,9-11,13H2,(H,23,25). The molecule has 1 amide bonds. The number of hydrogen-bond acceptors (Lipinski definition) is 5. The summed E-state index contributed by atoms with van der Waals surface area (Å²) in [4.78, 5) is 20.8. The number of rotatable bonds is 5. The van der Waals surface area contributed by atoms with Crippen LogP contribution < -0.4 is 10.1 Å². The van der Waals surface area contributed by atoms with Crippen LogP contribution >= 0.6 is 22.7 Å². The van der Waals surface area contributed by atoms with Crippen LogP contribution in [0.2, 0.25) is 0 Å². The Hall–Kier alpha value is -2.18. The smallest absolute Gasteiger partial charge is 0.261 e. The summed E-state index contributed by atoms with van der Waals surface area (Å²) in [6.45, 7) is 1.21. The van der Waals surface area contributed by atoms with Gasteiger partial charge in [0.15, 0.2) is 0 Å². The third-order valence-electron chi connectivity index (χ3n) is 5.29. The number of hydrogen-bond donors (Lipinski definition) is 1. The fraction of sp³-hybridized carbons (Fsp3) is 0.364. The number of para-hydroxylation sites is 1. The van der Waals surface area contributed by atoms with Crippen LogP contribution in [0.5, 0.6) is 5.75 Å². The highest BCUT2D eigenvalue weighted by molar-refractivity contribution is 7.17. The Kier molecular flexibility index (Phi) is 4.91. The van der Waals surface area contributed by atoms with Crippen molar-refractivity contribution >= 4 is 28.6 Å². The summed E-state index contributed by atoms with van der Waals surface area (Å²) >= 11 is 3.42. The number of nitrogens with zero attached hydrogens (tertiary/aromatic N) is 1. The van der Waals surface area contributed by atoms with E-state index in [2.05, 4.69) is 11.4 Å². The first-order valence-corrected chi connectivity index (χ1v) is 11.5. The number of aromatic nitrogens is 1. The molecule has 28 heavy (non-hydrogen) atoms. The fourth-order valence-corrected chi connectivity index (χ4v) is 6.16. The van der Waals surface area contributed by atoms with E-state index < -0.39 is 0 Å². The lowest BCUT2D eigenvalue weighted by molar-refractivity contribution is 0.0957. The van der Waals surface area contributed by atoms with Gasteiger partial charge in [0.25, 0.3) is 5.91 Å². The zero-order valence-corrected chi connectivity index (χ0v) is 17.3. The van der Waals surface area contributed by atoms with Crippen LogP contribution in [0, 0.1) is 0 Å². The highest BCUT2D eigenvalue weighted by atomic mass is 32.1. The van der Waals surface area contributed by atoms with Gasteiger partial charge in [-0.1, -0.05) is 12.1 Å². The van der Waals surface area contributed by atoms with Crippen molar-refractivity contribution < 1.29 is 9.53 Å². The number of carbonyl (C=O) groups is 1. The fourth-order valence-electron chi connectivity index (χ4n) is 3.85. The Balaban J connectivity index is 1.18. The van der Waals surface area contributed by atoms with E-state index in [0.29, 0.717) is 13.2 Å². The molecule has 1 aromatic carbocycles. The van der Waals surface area contributed by atoms with Crippen LogP contribution in [-0.2, 0) is 25.9 Å². The summed E-state index contributed by atoms with van der Waals surface area (Å²) in [6, 6.07) is 9.99. The van der Waals surface area contributed by atoms with Gasteiger partial charge in [-0.3, -0.25) is 4.79 Å². The summed E-state index contributed by atoms with van der Waals surface area (Å²) in [6.07, 6.45) is 6.77. The minimum absolute atomic E-state index is 0.00955. The second-order valence-corrected chi connectivity index (χ2v) is 9.51. The zero-order chi connectivity index (χ0) is 18.9. The molecular weight excluding hydrogens is 388 g/mol. The first-order chi connectivity index (χ1) is 13.8. The summed E-state index contributed by atoms with van der Waals surface area (Å²) in [5.41, 5.74) is 3.50. The summed E-state index contributed by atoms with van der Waals surface area (Å²) in [5.74, 6) is 0.908. The van der Waals surface area contributed by atoms with Gasteiger partial charge < -0.3 is 10.1 Å². The van der Waals surface area contributed by atoms with Gasteiger partial charge in [0.05, 0.1) is 15.6 Å². The highest BCUT2D eigenvalue weighted by Gasteiger charge is 2.22. The van der Waals surface area contributed by atoms with Crippen molar-refractivity contribution in [3.05, 3.63) is 56.4 Å². The zero-order valence-electron chi connectivity index (χ0n) is 15.6. The molecule has 0 saturated heterocycles. The van der Waals surface area contributed by atoms with Gasteiger partial charge in [0.2, 0.25) is 0 Å². The molecule has 5 rings (SSSR count). The molecule has 0 radical (unpaired) electrons. The van der Waals surface area contributed by atoms with Crippen LogP contribution in [0.3, 0.4) is 0 Å². The van der Waals surface area contributed by atoms with Crippen molar-refractivity contribution in [2.24, 2.45) is 0 Å². The van der Waals surface area contributed by atoms with Crippen molar-refractivity contribution in [3.63, 3.8) is 0 Å². The average molecular weight is 411 g/mol. The molecule has 4 nitrogen and oxygen atoms in total. The summed E-state index contributed by atoms with van der Waals surface area (Å²) in [7, 11) is 0. The third kappa shape index (κ3) is 3.47. The van der Waals surface area contributed by atoms with E-state index in [4.69, 9.17) is 9.72 Å². The second kappa shape index (κ2) is 7.68. The predicted molar refractivity (Wildman–Crippen MR) is 113 cm³/mol. The van der Waals surface area contributed by atoms with Crippen molar-refractivity contribution in [2.45, 2.75) is 45.1 Å². The molecule has 6 heteroatoms. The molecule has 144 valence electrons. The molecule has 1 aliphatic heterocycles. The molecule has 2 aromatic heterocycles. The second-order valence-electron chi connectivity index (χ2n) is 7.29. The molecule has 0 unspecified atom stereocenters. The number of amides is 1. The maximum Gasteiger partial charge on any atom is 0.261 e. The van der Waals surface area contributed by atoms with Gasteiger partial charge in [-0.25, -0.2) is 4.98 Å². The van der Waals surface area contributed by atoms with Gasteiger partial charge >= 0.3 is 0 Å². The van der Waals surface area contributed by atoms with E-state index in [1.54, 1.807) is 11.3 Å². The molecule has 0 saturated carbocycles. The third-order valence-corrected chi connectivity index (χ3v) is 7.72. The van der Waals surface area contributed by atoms with E-state index in [0.717, 1.165) is 45.9 Å². The Morgan fingerprint density at radius 3 is 3.00 bits per heavy atom. The Bertz CT molecular complexity index is 998. The molecule has 3 heterocycles. The maximum atomic E-state index is 12.6. The van der Waals surface area contributed by atoms with Crippen LogP contribution in [0.1, 0.15) is 50.1 Å². The summed E-state index contributed by atoms with van der Waals surface area (Å²) < 4.78 is 5.79. The van der Waals surface area contributed by atoms with E-state index in [-0.39, 0.29) is 5.91 Å². The van der Waals surface area contributed by atoms with Crippen molar-refractivity contribution in [2.75, 3.05) is 6.54 Å². The highest BCUT2D eigenvalue weighted by Crippen LogP contribution is 2.42. The van der Waals surface area contributed by atoms with Crippen LogP contribution in [0.15, 0.2) is 30.3 Å². The van der Waals surface area contributed by atoms with E-state index in [1.165, 1.54) is 34.8 Å². The molecule has 1 N–H and O–H groups in total. The SMILES string of the molecule is O=C(NCCCc1nc2c(s1)CCCC2)c1cc2c(s1)-c1ccccc1OC2. The lowest BCUT2D eigenvalue weighted by atomic mass is 10.0. The molecule has 3 aromatic rings. The monoisotopic (exact) mass is 410 g/mol. The van der Waals surface area contributed by atoms with Crippen LogP contribution in [0.4, 0.5) is 0 Å². The van der Waals surface area contributed by atoms with Gasteiger partial charge in [-0.15, -0.1) is 22.7 Å². The first-order valence-electron chi connectivity index (χ1n) is 9.88. The Morgan fingerprint density at radius 1 is 1.18 bits per heavy atom. The Morgan fingerprint density at radius 2 is 2.07 bits per heavy atom. The van der Waals surface area contributed by atoms with Crippen molar-refractivity contribution in [1.82, 2.24) is 10.3 Å². The maximum absolute atomic E-state index is 12.6. The Labute approximate surface area is 172 Å². The number of thiophene rings is 1. The van der Waals surface area contributed by atoms with E-state index >= 15 is 0 Å². The number of benzene rings is 1. The number of nitrogens with one attached hydrogen (secondary N) is 1. The molecule has 1 aliphatic carbocycles. The van der Waals surface area contributed by atoms with Gasteiger partial charge in [0.1, 0.15) is 12.4 Å². The number of fused-ring (bicyclic) bond motifs is 4. The number of carbonyl (C=O) groups excluding carboxylic acids is 1. The molecule has 0 atom stereocenters. The van der Waals surface area contributed by atoms with Crippen molar-refractivity contribution in [1.29, 1.82) is 0 Å². The molecule has 0 spiro atoms. The molecule has 0 fully saturated rings. The first kappa shape index (κ1) is 17.9. The van der Waals surface area contributed by atoms with Gasteiger partial charge in [-0.2, -0.15) is 0 Å². The predicted octanol–water partition coefficient (Wildman–Crippen LogP) is 5.01. The lowest BCUT2D eigenvalue weighted by Crippen LogP contribution is -2.23. The largest absolute Gasteiger partial charge is 0.488 e. The van der Waals surface area contributed by atoms with Gasteiger partial charge in [0, 0.05) is 33.8 Å². The van der Waals surface area contributed by atoms with Crippen LogP contribution in [0.25, 0.3) is 10.4 Å². The number of thiazole rings is 1. The molecule has 2 aliphatic rings. The van der Waals surface area contributed by atoms with E-state index in [1.807, 2.05) is 35.6 Å². The van der Waals surface area contributed by atoms with E-state index in [9.17, 15) is 4.79 Å². The number of aryl methyl sites for hydroxylation is 3. The van der Waals surface area contributed by atoms with Gasteiger partial charge in [-0.05, 0) is 50.3 Å². The normalized spacial score (nSPS) is 14.6. The molecular formula is C22H22N2O2S2. The van der Waals surface area contributed by atoms with Crippen molar-refractivity contribution in [3.8, 4) is 16.2 Å². The molecule has 0 bridgehead atoms. The number of ether oxygens (including phenoxy) is 1. The summed E-state index contributed by atoms with van der Waals surface area (Å²) in [5, 5.41) is 4.30. The quantitative estimate of drug-likeness (QED) is 0.602.